The Balaban J connectivity index is 1.50. The van der Waals surface area contributed by atoms with Gasteiger partial charge in [-0.15, -0.1) is 0 Å². The fraction of sp³-hybridized carbons (Fsp3) is 0.609. The van der Waals surface area contributed by atoms with Gasteiger partial charge in [-0.05, 0) is 55.7 Å². The van der Waals surface area contributed by atoms with Crippen LogP contribution in [0.5, 0.6) is 5.75 Å². The lowest BCUT2D eigenvalue weighted by molar-refractivity contribution is -0.137. The van der Waals surface area contributed by atoms with E-state index in [1.54, 1.807) is 24.3 Å². The molecular weight excluding hydrogens is 443 g/mol. The average molecular weight is 473 g/mol. The first-order chi connectivity index (χ1) is 14.8. The summed E-state index contributed by atoms with van der Waals surface area (Å²) in [6, 6.07) is 4.87. The van der Waals surface area contributed by atoms with E-state index in [4.69, 9.17) is 37.8 Å². The maximum absolute atomic E-state index is 10.7. The molecular formula is C23H30Cl2O6. The number of hydrogen-bond donors (Lipinski definition) is 3. The van der Waals surface area contributed by atoms with Gasteiger partial charge in [-0.2, -0.15) is 0 Å². The molecule has 1 heterocycles. The third-order valence-corrected chi connectivity index (χ3v) is 6.60. The van der Waals surface area contributed by atoms with Crippen LogP contribution in [-0.2, 0) is 9.53 Å². The van der Waals surface area contributed by atoms with Crippen LogP contribution in [0, 0.1) is 17.8 Å². The van der Waals surface area contributed by atoms with Crippen LogP contribution in [0.3, 0.4) is 0 Å². The van der Waals surface area contributed by atoms with Crippen molar-refractivity contribution in [2.75, 3.05) is 13.2 Å². The van der Waals surface area contributed by atoms with Gasteiger partial charge in [0.1, 0.15) is 18.5 Å². The fourth-order valence-corrected chi connectivity index (χ4v) is 5.10. The normalized spacial score (nSPS) is 29.5. The minimum absolute atomic E-state index is 0.00359. The van der Waals surface area contributed by atoms with E-state index in [-0.39, 0.29) is 31.0 Å². The number of carboxylic acid groups (broad SMARTS) is 1. The van der Waals surface area contributed by atoms with Crippen molar-refractivity contribution < 1.29 is 29.6 Å². The summed E-state index contributed by atoms with van der Waals surface area (Å²) in [7, 11) is 0. The van der Waals surface area contributed by atoms with E-state index < -0.39 is 18.2 Å². The van der Waals surface area contributed by atoms with Crippen molar-refractivity contribution in [1.82, 2.24) is 0 Å². The molecule has 1 aromatic carbocycles. The standard InChI is InChI=1S/C23H30Cl2O6/c24-15-8-16(25)10-18(9-15)30-13-17(26)5-7-19-20-6-4-14(2-1-3-23(28)29)12-31-22(20)11-21(19)27/h5,7-10,14,17,19-22,26-27H,1-4,6,11-13H2,(H,28,29)/b7-5+/t14-,17+,19+,20+,21+,22-/m0/s1. The van der Waals surface area contributed by atoms with E-state index in [2.05, 4.69) is 0 Å². The molecule has 3 rings (SSSR count). The molecule has 0 bridgehead atoms. The summed E-state index contributed by atoms with van der Waals surface area (Å²) in [4.78, 5) is 10.7. The number of rotatable bonds is 9. The number of aliphatic hydroxyl groups excluding tert-OH is 2. The number of benzene rings is 1. The van der Waals surface area contributed by atoms with Crippen LogP contribution >= 0.6 is 23.2 Å². The molecule has 6 atom stereocenters. The fourth-order valence-electron chi connectivity index (χ4n) is 4.59. The van der Waals surface area contributed by atoms with E-state index >= 15 is 0 Å². The summed E-state index contributed by atoms with van der Waals surface area (Å²) >= 11 is 11.9. The molecule has 3 N–H and O–H groups in total. The molecule has 0 amide bonds. The third kappa shape index (κ3) is 7.36. The summed E-state index contributed by atoms with van der Waals surface area (Å²) in [6.07, 6.45) is 6.35. The zero-order valence-corrected chi connectivity index (χ0v) is 18.8. The smallest absolute Gasteiger partial charge is 0.303 e. The molecule has 172 valence electrons. The highest BCUT2D eigenvalue weighted by atomic mass is 35.5. The molecule has 2 fully saturated rings. The predicted octanol–water partition coefficient (Wildman–Crippen LogP) is 4.34. The summed E-state index contributed by atoms with van der Waals surface area (Å²) < 4.78 is 11.6. The summed E-state index contributed by atoms with van der Waals surface area (Å²) in [5, 5.41) is 30.6. The monoisotopic (exact) mass is 472 g/mol. The van der Waals surface area contributed by atoms with Crippen molar-refractivity contribution in [1.29, 1.82) is 0 Å². The molecule has 6 nitrogen and oxygen atoms in total. The molecule has 1 aromatic rings. The summed E-state index contributed by atoms with van der Waals surface area (Å²) in [6.45, 7) is 0.662. The Morgan fingerprint density at radius 3 is 2.71 bits per heavy atom. The van der Waals surface area contributed by atoms with Crippen LogP contribution in [0.2, 0.25) is 10.0 Å². The summed E-state index contributed by atoms with van der Waals surface area (Å²) in [5.74, 6) is 0.182. The SMILES string of the molecule is O=C(O)CCC[C@H]1CC[C@@H]2[C@@H](/C=C/[C@@H](O)COc3cc(Cl)cc(Cl)c3)[C@H](O)C[C@@H]2OC1. The number of fused-ring (bicyclic) bond motifs is 1. The Bertz CT molecular complexity index is 750. The lowest BCUT2D eigenvalue weighted by Gasteiger charge is -2.21. The average Bonchev–Trinajstić information content (AvgIpc) is 2.85. The molecule has 1 saturated heterocycles. The van der Waals surface area contributed by atoms with E-state index in [1.807, 2.05) is 6.08 Å². The van der Waals surface area contributed by atoms with E-state index in [0.717, 1.165) is 19.3 Å². The first kappa shape index (κ1) is 24.3. The maximum atomic E-state index is 10.7. The Morgan fingerprint density at radius 1 is 1.26 bits per heavy atom. The molecule has 1 aliphatic heterocycles. The van der Waals surface area contributed by atoms with Crippen molar-refractivity contribution in [2.24, 2.45) is 17.8 Å². The van der Waals surface area contributed by atoms with Gasteiger partial charge in [-0.3, -0.25) is 4.79 Å². The number of halogens is 2. The molecule has 8 heteroatoms. The Hall–Kier alpha value is -1.31. The lowest BCUT2D eigenvalue weighted by atomic mass is 9.86. The van der Waals surface area contributed by atoms with Crippen LogP contribution in [0.15, 0.2) is 30.4 Å². The van der Waals surface area contributed by atoms with Gasteiger partial charge in [0.25, 0.3) is 0 Å². The quantitative estimate of drug-likeness (QED) is 0.462. The largest absolute Gasteiger partial charge is 0.490 e. The zero-order valence-electron chi connectivity index (χ0n) is 17.3. The third-order valence-electron chi connectivity index (χ3n) is 6.16. The van der Waals surface area contributed by atoms with Gasteiger partial charge in [0.05, 0.1) is 12.2 Å². The van der Waals surface area contributed by atoms with Gasteiger partial charge in [0.2, 0.25) is 0 Å². The Labute approximate surface area is 192 Å². The van der Waals surface area contributed by atoms with Crippen LogP contribution in [0.4, 0.5) is 0 Å². The van der Waals surface area contributed by atoms with Crippen molar-refractivity contribution in [3.05, 3.63) is 40.4 Å². The molecule has 0 unspecified atom stereocenters. The van der Waals surface area contributed by atoms with Gasteiger partial charge in [-0.25, -0.2) is 0 Å². The second-order valence-electron chi connectivity index (χ2n) is 8.51. The maximum Gasteiger partial charge on any atom is 0.303 e. The van der Waals surface area contributed by atoms with Gasteiger partial charge in [-0.1, -0.05) is 35.4 Å². The second kappa shape index (κ2) is 11.5. The number of carbonyl (C=O) groups is 1. The first-order valence-corrected chi connectivity index (χ1v) is 11.5. The predicted molar refractivity (Wildman–Crippen MR) is 119 cm³/mol. The van der Waals surface area contributed by atoms with Crippen molar-refractivity contribution in [3.8, 4) is 5.75 Å². The highest BCUT2D eigenvalue weighted by Crippen LogP contribution is 2.42. The lowest BCUT2D eigenvalue weighted by Crippen LogP contribution is -2.22. The Kier molecular flexibility index (Phi) is 9.05. The summed E-state index contributed by atoms with van der Waals surface area (Å²) in [5.41, 5.74) is 0. The minimum Gasteiger partial charge on any atom is -0.490 e. The molecule has 31 heavy (non-hydrogen) atoms. The first-order valence-electron chi connectivity index (χ1n) is 10.8. The Morgan fingerprint density at radius 2 is 2.00 bits per heavy atom. The second-order valence-corrected chi connectivity index (χ2v) is 9.39. The van der Waals surface area contributed by atoms with Crippen molar-refractivity contribution in [2.45, 2.75) is 56.8 Å². The van der Waals surface area contributed by atoms with Crippen LogP contribution < -0.4 is 4.74 Å². The molecule has 2 aliphatic rings. The van der Waals surface area contributed by atoms with Crippen molar-refractivity contribution >= 4 is 29.2 Å². The van der Waals surface area contributed by atoms with E-state index in [1.165, 1.54) is 0 Å². The molecule has 0 radical (unpaired) electrons. The number of ether oxygens (including phenoxy) is 2. The minimum atomic E-state index is -0.834. The van der Waals surface area contributed by atoms with Gasteiger partial charge in [0, 0.05) is 35.4 Å². The molecule has 1 aliphatic carbocycles. The topological polar surface area (TPSA) is 96.2 Å². The van der Waals surface area contributed by atoms with E-state index in [9.17, 15) is 15.0 Å². The number of carboxylic acids is 1. The molecule has 0 spiro atoms. The molecule has 1 saturated carbocycles. The van der Waals surface area contributed by atoms with Gasteiger partial charge in [0.15, 0.2) is 0 Å². The van der Waals surface area contributed by atoms with Crippen LogP contribution in [0.1, 0.15) is 38.5 Å². The van der Waals surface area contributed by atoms with Gasteiger partial charge >= 0.3 is 5.97 Å². The number of aliphatic hydroxyl groups is 2. The number of aliphatic carboxylic acids is 1. The molecule has 0 aromatic heterocycles. The van der Waals surface area contributed by atoms with Crippen LogP contribution in [0.25, 0.3) is 0 Å². The van der Waals surface area contributed by atoms with Crippen molar-refractivity contribution in [3.63, 3.8) is 0 Å². The van der Waals surface area contributed by atoms with E-state index in [0.29, 0.717) is 41.2 Å². The zero-order chi connectivity index (χ0) is 22.4. The number of hydrogen-bond acceptors (Lipinski definition) is 5. The highest BCUT2D eigenvalue weighted by molar-refractivity contribution is 6.34. The van der Waals surface area contributed by atoms with Crippen LogP contribution in [-0.4, -0.2) is 52.8 Å². The van der Waals surface area contributed by atoms with Gasteiger partial charge < -0.3 is 24.8 Å². The highest BCUT2D eigenvalue weighted by Gasteiger charge is 2.43.